The standard InChI is InChI=1S/C25H31N3O2S.C2H2O4/c29-24-22-12-5-6-13-23(22)26-25(31-20-21-10-3-1-4-11-21)28(24)16-9-18-30-19-17-27-14-7-2-8-15-27;3-1(4)2(5)6/h1,3-6,10-13H,2,7-9,14-20H2;(H,3,4)(H,5,6). The van der Waals surface area contributed by atoms with Gasteiger partial charge in [-0.25, -0.2) is 9.78 Å². The summed E-state index contributed by atoms with van der Waals surface area (Å²) >= 11 is 1.62. The molecule has 37 heavy (non-hydrogen) atoms. The van der Waals surface area contributed by atoms with Gasteiger partial charge in [-0.05, 0) is 43.4 Å². The van der Waals surface area contributed by atoms with Crippen LogP contribution in [0.25, 0.3) is 10.9 Å². The Morgan fingerprint density at radius 3 is 2.41 bits per heavy atom. The van der Waals surface area contributed by atoms with Crippen LogP contribution in [-0.2, 0) is 26.6 Å². The molecule has 1 fully saturated rings. The Labute approximate surface area is 220 Å². The van der Waals surface area contributed by atoms with Gasteiger partial charge >= 0.3 is 5.97 Å². The third-order valence-corrected chi connectivity index (χ3v) is 7.09. The van der Waals surface area contributed by atoms with Gasteiger partial charge in [0.1, 0.15) is 6.54 Å². The van der Waals surface area contributed by atoms with E-state index in [9.17, 15) is 4.79 Å². The fraction of sp³-hybridized carbons (Fsp3) is 0.407. The van der Waals surface area contributed by atoms with Crippen LogP contribution in [0.1, 0.15) is 31.2 Å². The quantitative estimate of drug-likeness (QED) is 0.173. The van der Waals surface area contributed by atoms with Crippen LogP contribution in [0, 0.1) is 0 Å². The number of aromatic nitrogens is 2. The third-order valence-electron chi connectivity index (χ3n) is 6.04. The van der Waals surface area contributed by atoms with Gasteiger partial charge in [0.15, 0.2) is 11.1 Å². The summed E-state index contributed by atoms with van der Waals surface area (Å²) in [6.07, 6.45) is 4.88. The molecule has 10 heteroatoms. The van der Waals surface area contributed by atoms with Crippen LogP contribution in [0.3, 0.4) is 0 Å². The molecule has 3 aromatic rings. The van der Waals surface area contributed by atoms with Crippen molar-refractivity contribution in [1.29, 1.82) is 0 Å². The van der Waals surface area contributed by atoms with Crippen LogP contribution < -0.4 is 15.6 Å². The zero-order chi connectivity index (χ0) is 26.5. The second-order valence-corrected chi connectivity index (χ2v) is 9.70. The molecule has 0 bridgehead atoms. The highest BCUT2D eigenvalue weighted by atomic mass is 32.2. The van der Waals surface area contributed by atoms with Gasteiger partial charge in [0.05, 0.1) is 30.6 Å². The number of quaternary nitrogens is 1. The molecule has 1 aromatic heterocycles. The maximum Gasteiger partial charge on any atom is 0.351 e. The normalized spacial score (nSPS) is 13.6. The van der Waals surface area contributed by atoms with E-state index in [1.54, 1.807) is 16.7 Å². The van der Waals surface area contributed by atoms with Crippen molar-refractivity contribution in [3.63, 3.8) is 0 Å². The van der Waals surface area contributed by atoms with Crippen molar-refractivity contribution in [3.05, 3.63) is 70.5 Å². The number of fused-ring (bicyclic) bond motifs is 1. The van der Waals surface area contributed by atoms with Crippen molar-refractivity contribution in [3.8, 4) is 0 Å². The van der Waals surface area contributed by atoms with Gasteiger partial charge in [0.25, 0.3) is 5.56 Å². The van der Waals surface area contributed by atoms with E-state index in [-0.39, 0.29) is 5.56 Å². The second-order valence-electron chi connectivity index (χ2n) is 8.76. The first kappa shape index (κ1) is 28.4. The molecule has 1 saturated heterocycles. The Morgan fingerprint density at radius 1 is 1.03 bits per heavy atom. The van der Waals surface area contributed by atoms with Crippen molar-refractivity contribution in [2.75, 3.05) is 32.8 Å². The molecule has 0 unspecified atom stereocenters. The number of thioether (sulfide) groups is 1. The zero-order valence-electron chi connectivity index (χ0n) is 20.8. The first-order chi connectivity index (χ1) is 18.0. The Morgan fingerprint density at radius 2 is 1.70 bits per heavy atom. The van der Waals surface area contributed by atoms with Crippen molar-refractivity contribution < 1.29 is 29.4 Å². The molecule has 0 amide bonds. The molecule has 0 spiro atoms. The molecule has 2 heterocycles. The summed E-state index contributed by atoms with van der Waals surface area (Å²) in [6.45, 7) is 5.76. The number of carboxylic acids is 2. The number of ether oxygens (including phenoxy) is 1. The molecule has 2 aromatic carbocycles. The van der Waals surface area contributed by atoms with E-state index in [0.29, 0.717) is 18.5 Å². The molecule has 1 aliphatic rings. The number of aliphatic carboxylic acids is 2. The minimum absolute atomic E-state index is 0.0407. The molecule has 1 aliphatic heterocycles. The highest BCUT2D eigenvalue weighted by Crippen LogP contribution is 2.22. The highest BCUT2D eigenvalue weighted by Gasteiger charge is 2.13. The third kappa shape index (κ3) is 9.31. The minimum atomic E-state index is -2.07. The number of carboxylic acid groups (broad SMARTS) is 2. The summed E-state index contributed by atoms with van der Waals surface area (Å²) in [4.78, 5) is 37.7. The number of hydrogen-bond acceptors (Lipinski definition) is 7. The fourth-order valence-corrected chi connectivity index (χ4v) is 5.10. The molecule has 0 atom stereocenters. The number of carbonyl (C=O) groups excluding carboxylic acids is 1. The number of hydrogen-bond donors (Lipinski definition) is 2. The van der Waals surface area contributed by atoms with Crippen molar-refractivity contribution >= 4 is 34.6 Å². The molecule has 0 radical (unpaired) electrons. The molecular formula is C27H33N3O6S. The first-order valence-electron chi connectivity index (χ1n) is 12.5. The lowest BCUT2D eigenvalue weighted by atomic mass is 10.1. The molecule has 0 saturated carbocycles. The predicted octanol–water partition coefficient (Wildman–Crippen LogP) is 0.985. The van der Waals surface area contributed by atoms with E-state index in [1.165, 1.54) is 37.9 Å². The smallest absolute Gasteiger partial charge is 0.351 e. The lowest BCUT2D eigenvalue weighted by Crippen LogP contribution is -3.13. The number of piperidine rings is 1. The molecule has 2 N–H and O–H groups in total. The van der Waals surface area contributed by atoms with E-state index in [1.807, 2.05) is 47.0 Å². The van der Waals surface area contributed by atoms with Crippen molar-refractivity contribution in [2.45, 2.75) is 43.1 Å². The number of nitrogens with zero attached hydrogens (tertiary/aromatic N) is 2. The molecule has 4 rings (SSSR count). The number of carbonyl (C=O) groups is 2. The van der Waals surface area contributed by atoms with E-state index in [0.717, 1.165) is 36.0 Å². The number of rotatable bonds is 10. The first-order valence-corrected chi connectivity index (χ1v) is 13.5. The monoisotopic (exact) mass is 527 g/mol. The SMILES string of the molecule is O=C([O-])C(=O)O.O=c1c2ccccc2nc(SCc2ccccc2)n1CCCOCC[NH+]1CCCCC1. The predicted molar refractivity (Wildman–Crippen MR) is 139 cm³/mol. The number of likely N-dealkylation sites (tertiary alicyclic amines) is 1. The zero-order valence-corrected chi connectivity index (χ0v) is 21.6. The van der Waals surface area contributed by atoms with Crippen molar-refractivity contribution in [2.24, 2.45) is 0 Å². The highest BCUT2D eigenvalue weighted by molar-refractivity contribution is 7.98. The molecule has 9 nitrogen and oxygen atoms in total. The summed E-state index contributed by atoms with van der Waals surface area (Å²) in [5, 5.41) is 17.8. The van der Waals surface area contributed by atoms with E-state index in [2.05, 4.69) is 12.1 Å². The number of benzene rings is 2. The van der Waals surface area contributed by atoms with Crippen LogP contribution in [-0.4, -0.2) is 59.4 Å². The van der Waals surface area contributed by atoms with Gasteiger partial charge in [-0.1, -0.05) is 54.2 Å². The van der Waals surface area contributed by atoms with Crippen LogP contribution in [0.15, 0.2) is 64.5 Å². The maximum atomic E-state index is 13.2. The van der Waals surface area contributed by atoms with Gasteiger partial charge in [0.2, 0.25) is 0 Å². The van der Waals surface area contributed by atoms with Gasteiger partial charge in [-0.15, -0.1) is 0 Å². The van der Waals surface area contributed by atoms with Crippen LogP contribution in [0.2, 0.25) is 0 Å². The molecular weight excluding hydrogens is 494 g/mol. The lowest BCUT2D eigenvalue weighted by Gasteiger charge is -2.23. The Bertz CT molecular complexity index is 1200. The van der Waals surface area contributed by atoms with Gasteiger partial charge in [-0.3, -0.25) is 9.36 Å². The minimum Gasteiger partial charge on any atom is -0.539 e. The Balaban J connectivity index is 0.000000568. The summed E-state index contributed by atoms with van der Waals surface area (Å²) in [5.41, 5.74) is 2.03. The summed E-state index contributed by atoms with van der Waals surface area (Å²) in [7, 11) is 0. The second kappa shape index (κ2) is 15.1. The van der Waals surface area contributed by atoms with E-state index >= 15 is 0 Å². The molecule has 0 aliphatic carbocycles. The number of nitrogens with one attached hydrogen (secondary N) is 1. The maximum absolute atomic E-state index is 13.2. The summed E-state index contributed by atoms with van der Waals surface area (Å²) < 4.78 is 7.72. The largest absolute Gasteiger partial charge is 0.539 e. The van der Waals surface area contributed by atoms with Crippen LogP contribution >= 0.6 is 11.8 Å². The van der Waals surface area contributed by atoms with Gasteiger partial charge in [-0.2, -0.15) is 0 Å². The molecule has 198 valence electrons. The topological polar surface area (TPSA) is 126 Å². The summed E-state index contributed by atoms with van der Waals surface area (Å²) in [5.74, 6) is -3.22. The van der Waals surface area contributed by atoms with Gasteiger partial charge < -0.3 is 24.6 Å². The Kier molecular flexibility index (Phi) is 11.6. The van der Waals surface area contributed by atoms with Gasteiger partial charge in [0, 0.05) is 18.9 Å². The Hall–Kier alpha value is -3.21. The van der Waals surface area contributed by atoms with E-state index in [4.69, 9.17) is 29.5 Å². The van der Waals surface area contributed by atoms with Crippen molar-refractivity contribution in [1.82, 2.24) is 9.55 Å². The fourth-order valence-electron chi connectivity index (χ4n) is 4.12. The summed E-state index contributed by atoms with van der Waals surface area (Å²) in [6, 6.07) is 17.9. The number of para-hydroxylation sites is 1. The average Bonchev–Trinajstić information content (AvgIpc) is 2.92. The van der Waals surface area contributed by atoms with Crippen LogP contribution in [0.5, 0.6) is 0 Å². The van der Waals surface area contributed by atoms with E-state index < -0.39 is 11.9 Å². The van der Waals surface area contributed by atoms with Crippen LogP contribution in [0.4, 0.5) is 0 Å². The lowest BCUT2D eigenvalue weighted by molar-refractivity contribution is -0.905. The average molecular weight is 528 g/mol.